The minimum Gasteiger partial charge on any atom is -0.505 e. The number of amides is 2. The monoisotopic (exact) mass is 388 g/mol. The molecular formula is C17H16ClF3N2O3. The van der Waals surface area contributed by atoms with Crippen molar-refractivity contribution in [2.24, 2.45) is 0 Å². The molecule has 0 aliphatic heterocycles. The van der Waals surface area contributed by atoms with Gasteiger partial charge in [0.1, 0.15) is 5.75 Å². The minimum atomic E-state index is -4.42. The topological polar surface area (TPSA) is 81.6 Å². The number of hydrogen-bond donors (Lipinski definition) is 4. The van der Waals surface area contributed by atoms with Crippen molar-refractivity contribution >= 4 is 23.3 Å². The van der Waals surface area contributed by atoms with Crippen LogP contribution in [0.5, 0.6) is 5.75 Å². The van der Waals surface area contributed by atoms with Gasteiger partial charge in [0.2, 0.25) is 0 Å². The van der Waals surface area contributed by atoms with Crippen LogP contribution in [0.25, 0.3) is 0 Å². The van der Waals surface area contributed by atoms with E-state index in [1.54, 1.807) is 0 Å². The lowest BCUT2D eigenvalue weighted by molar-refractivity contribution is -0.137. The van der Waals surface area contributed by atoms with E-state index in [1.165, 1.54) is 31.2 Å². The Bertz CT molecular complexity index is 793. The maximum Gasteiger partial charge on any atom is 0.416 e. The van der Waals surface area contributed by atoms with Crippen molar-refractivity contribution < 1.29 is 28.2 Å². The molecule has 0 aliphatic carbocycles. The lowest BCUT2D eigenvalue weighted by Crippen LogP contribution is -2.28. The molecule has 9 heteroatoms. The SMILES string of the molecule is CC(O)c1cc(Cl)cc(NC(=O)NCc2ccc(C(F)(F)F)cc2)c1O. The van der Waals surface area contributed by atoms with Gasteiger partial charge < -0.3 is 20.8 Å². The Kier molecular flexibility index (Phi) is 5.99. The number of halogens is 4. The molecule has 2 rings (SSSR count). The molecule has 1 atom stereocenters. The van der Waals surface area contributed by atoms with Crippen molar-refractivity contribution in [3.05, 3.63) is 58.1 Å². The van der Waals surface area contributed by atoms with Crippen LogP contribution >= 0.6 is 11.6 Å². The first-order valence-corrected chi connectivity index (χ1v) is 7.87. The van der Waals surface area contributed by atoms with Crippen LogP contribution in [0.3, 0.4) is 0 Å². The number of alkyl halides is 3. The fourth-order valence-electron chi connectivity index (χ4n) is 2.19. The summed E-state index contributed by atoms with van der Waals surface area (Å²) in [5.74, 6) is -0.325. The van der Waals surface area contributed by atoms with Crippen LogP contribution in [0.2, 0.25) is 5.02 Å². The summed E-state index contributed by atoms with van der Waals surface area (Å²) in [6.45, 7) is 1.41. The van der Waals surface area contributed by atoms with Gasteiger partial charge in [-0.1, -0.05) is 23.7 Å². The number of aliphatic hydroxyl groups is 1. The van der Waals surface area contributed by atoms with Gasteiger partial charge in [-0.15, -0.1) is 0 Å². The van der Waals surface area contributed by atoms with Gasteiger partial charge in [-0.05, 0) is 36.8 Å². The molecule has 4 N–H and O–H groups in total. The normalized spacial score (nSPS) is 12.5. The predicted molar refractivity (Wildman–Crippen MR) is 91.1 cm³/mol. The predicted octanol–water partition coefficient (Wildman–Crippen LogP) is 4.44. The van der Waals surface area contributed by atoms with Crippen molar-refractivity contribution in [3.8, 4) is 5.75 Å². The highest BCUT2D eigenvalue weighted by Crippen LogP contribution is 2.35. The van der Waals surface area contributed by atoms with Crippen LogP contribution in [0, 0.1) is 0 Å². The summed E-state index contributed by atoms with van der Waals surface area (Å²) in [5, 5.41) is 24.7. The Morgan fingerprint density at radius 2 is 1.85 bits per heavy atom. The van der Waals surface area contributed by atoms with Crippen molar-refractivity contribution in [2.45, 2.75) is 25.7 Å². The first-order chi connectivity index (χ1) is 12.1. The Balaban J connectivity index is 2.01. The Morgan fingerprint density at radius 1 is 1.23 bits per heavy atom. The molecule has 0 aliphatic rings. The first-order valence-electron chi connectivity index (χ1n) is 7.49. The van der Waals surface area contributed by atoms with Gasteiger partial charge in [0.05, 0.1) is 17.4 Å². The molecule has 0 saturated carbocycles. The average Bonchev–Trinajstić information content (AvgIpc) is 2.55. The second-order valence-electron chi connectivity index (χ2n) is 5.57. The van der Waals surface area contributed by atoms with Crippen molar-refractivity contribution in [3.63, 3.8) is 0 Å². The lowest BCUT2D eigenvalue weighted by Gasteiger charge is -2.14. The number of rotatable bonds is 4. The summed E-state index contributed by atoms with van der Waals surface area (Å²) < 4.78 is 37.5. The zero-order valence-electron chi connectivity index (χ0n) is 13.6. The van der Waals surface area contributed by atoms with E-state index in [0.29, 0.717) is 5.56 Å². The third-order valence-electron chi connectivity index (χ3n) is 3.54. The maximum atomic E-state index is 12.5. The molecule has 2 amide bonds. The van der Waals surface area contributed by atoms with Gasteiger partial charge in [-0.25, -0.2) is 4.79 Å². The highest BCUT2D eigenvalue weighted by atomic mass is 35.5. The van der Waals surface area contributed by atoms with Gasteiger partial charge in [0, 0.05) is 17.1 Å². The molecule has 2 aromatic rings. The molecule has 0 heterocycles. The van der Waals surface area contributed by atoms with Crippen molar-refractivity contribution in [2.75, 3.05) is 5.32 Å². The summed E-state index contributed by atoms with van der Waals surface area (Å²) in [7, 11) is 0. The fourth-order valence-corrected chi connectivity index (χ4v) is 2.42. The third kappa shape index (κ3) is 5.03. The number of phenols is 1. The molecule has 140 valence electrons. The highest BCUT2D eigenvalue weighted by Gasteiger charge is 2.29. The minimum absolute atomic E-state index is 0.00156. The number of hydrogen-bond acceptors (Lipinski definition) is 3. The van der Waals surface area contributed by atoms with Crippen LogP contribution in [-0.2, 0) is 12.7 Å². The number of nitrogens with one attached hydrogen (secondary N) is 2. The van der Waals surface area contributed by atoms with Gasteiger partial charge in [0.15, 0.2) is 0 Å². The molecule has 0 bridgehead atoms. The largest absolute Gasteiger partial charge is 0.505 e. The summed E-state index contributed by atoms with van der Waals surface area (Å²) in [6.07, 6.45) is -5.42. The van der Waals surface area contributed by atoms with Crippen molar-refractivity contribution in [1.29, 1.82) is 0 Å². The van der Waals surface area contributed by atoms with Crippen LogP contribution in [0.15, 0.2) is 36.4 Å². The Hall–Kier alpha value is -2.45. The zero-order valence-corrected chi connectivity index (χ0v) is 14.3. The van der Waals surface area contributed by atoms with Gasteiger partial charge in [0.25, 0.3) is 0 Å². The molecular weight excluding hydrogens is 373 g/mol. The van der Waals surface area contributed by atoms with E-state index in [2.05, 4.69) is 10.6 Å². The van der Waals surface area contributed by atoms with E-state index in [9.17, 15) is 28.2 Å². The molecule has 0 spiro atoms. The summed E-state index contributed by atoms with van der Waals surface area (Å²) in [5.41, 5.74) is -0.165. The molecule has 1 unspecified atom stereocenters. The number of aliphatic hydroxyl groups excluding tert-OH is 1. The molecule has 0 fully saturated rings. The van der Waals surface area contributed by atoms with Crippen LogP contribution in [0.4, 0.5) is 23.7 Å². The molecule has 0 saturated heterocycles. The number of phenolic OH excluding ortho intramolecular Hbond substituents is 1. The van der Waals surface area contributed by atoms with Gasteiger partial charge in [-0.3, -0.25) is 0 Å². The second kappa shape index (κ2) is 7.84. The standard InChI is InChI=1S/C17H16ClF3N2O3/c1-9(24)13-6-12(18)7-14(15(13)25)23-16(26)22-8-10-2-4-11(5-3-10)17(19,20)21/h2-7,9,24-25H,8H2,1H3,(H2,22,23,26). The number of anilines is 1. The van der Waals surface area contributed by atoms with E-state index in [0.717, 1.165) is 12.1 Å². The number of carbonyl (C=O) groups is 1. The average molecular weight is 389 g/mol. The van der Waals surface area contributed by atoms with Gasteiger partial charge in [-0.2, -0.15) is 13.2 Å². The van der Waals surface area contributed by atoms with Gasteiger partial charge >= 0.3 is 12.2 Å². The Morgan fingerprint density at radius 3 is 2.38 bits per heavy atom. The van der Waals surface area contributed by atoms with E-state index in [-0.39, 0.29) is 28.6 Å². The number of benzene rings is 2. The van der Waals surface area contributed by atoms with E-state index < -0.39 is 23.9 Å². The lowest BCUT2D eigenvalue weighted by atomic mass is 10.1. The fraction of sp³-hybridized carbons (Fsp3) is 0.235. The van der Waals surface area contributed by atoms with Crippen LogP contribution < -0.4 is 10.6 Å². The zero-order chi connectivity index (χ0) is 19.5. The third-order valence-corrected chi connectivity index (χ3v) is 3.76. The number of urea groups is 1. The summed E-state index contributed by atoms with van der Waals surface area (Å²) in [4.78, 5) is 11.9. The molecule has 26 heavy (non-hydrogen) atoms. The molecule has 0 radical (unpaired) electrons. The molecule has 2 aromatic carbocycles. The quantitative estimate of drug-likeness (QED) is 0.584. The Labute approximate surface area is 152 Å². The summed E-state index contributed by atoms with van der Waals surface area (Å²) in [6, 6.07) is 6.34. The van der Waals surface area contributed by atoms with Crippen LogP contribution in [0.1, 0.15) is 29.7 Å². The van der Waals surface area contributed by atoms with Crippen molar-refractivity contribution in [1.82, 2.24) is 5.32 Å². The molecule has 0 aromatic heterocycles. The molecule has 5 nitrogen and oxygen atoms in total. The van der Waals surface area contributed by atoms with E-state index in [1.807, 2.05) is 0 Å². The van der Waals surface area contributed by atoms with E-state index >= 15 is 0 Å². The first kappa shape index (κ1) is 19.9. The van der Waals surface area contributed by atoms with Crippen LogP contribution in [-0.4, -0.2) is 16.2 Å². The highest BCUT2D eigenvalue weighted by molar-refractivity contribution is 6.31. The summed E-state index contributed by atoms with van der Waals surface area (Å²) >= 11 is 5.89. The second-order valence-corrected chi connectivity index (χ2v) is 6.01. The van der Waals surface area contributed by atoms with E-state index in [4.69, 9.17) is 11.6 Å². The number of carbonyl (C=O) groups excluding carboxylic acids is 1. The number of aromatic hydroxyl groups is 1. The maximum absolute atomic E-state index is 12.5. The smallest absolute Gasteiger partial charge is 0.416 e.